The van der Waals surface area contributed by atoms with E-state index >= 15 is 0 Å². The van der Waals surface area contributed by atoms with Gasteiger partial charge in [-0.25, -0.2) is 4.39 Å². The van der Waals surface area contributed by atoms with Crippen LogP contribution < -0.4 is 15.8 Å². The molecule has 32 heavy (non-hydrogen) atoms. The summed E-state index contributed by atoms with van der Waals surface area (Å²) in [5, 5.41) is 0.468. The number of hydrogen-bond donors (Lipinski definition) is 2. The second kappa shape index (κ2) is 8.22. The van der Waals surface area contributed by atoms with Crippen molar-refractivity contribution in [2.75, 3.05) is 11.1 Å². The lowest BCUT2D eigenvalue weighted by Gasteiger charge is -2.31. The van der Waals surface area contributed by atoms with Crippen LogP contribution in [-0.4, -0.2) is 24.6 Å². The van der Waals surface area contributed by atoms with E-state index in [1.165, 1.54) is 12.1 Å². The smallest absolute Gasteiger partial charge is 0.403 e. The molecule has 15 heteroatoms. The highest BCUT2D eigenvalue weighted by atomic mass is 35.5. The molecule has 2 aromatic carbocycles. The van der Waals surface area contributed by atoms with E-state index in [2.05, 4.69) is 4.74 Å². The second-order valence-electron chi connectivity index (χ2n) is 6.11. The fourth-order valence-electron chi connectivity index (χ4n) is 2.46. The van der Waals surface area contributed by atoms with Crippen molar-refractivity contribution in [3.05, 3.63) is 52.5 Å². The van der Waals surface area contributed by atoms with E-state index in [-0.39, 0.29) is 17.3 Å². The molecule has 0 aliphatic carbocycles. The van der Waals surface area contributed by atoms with Gasteiger partial charge in [0.1, 0.15) is 5.69 Å². The molecule has 0 aliphatic rings. The quantitative estimate of drug-likeness (QED) is 0.381. The molecule has 0 atom stereocenters. The normalized spacial score (nSPS) is 13.1. The van der Waals surface area contributed by atoms with Crippen LogP contribution in [0.25, 0.3) is 0 Å². The number of nitrogens with one attached hydrogen (secondary N) is 1. The van der Waals surface area contributed by atoms with Crippen molar-refractivity contribution in [2.24, 2.45) is 0 Å². The summed E-state index contributed by atoms with van der Waals surface area (Å²) in [6.07, 6.45) is -18.9. The van der Waals surface area contributed by atoms with E-state index in [0.29, 0.717) is 0 Å². The van der Waals surface area contributed by atoms with E-state index in [1.54, 1.807) is 5.32 Å². The van der Waals surface area contributed by atoms with Gasteiger partial charge in [-0.2, -0.15) is 26.3 Å². The minimum atomic E-state index is -6.63. The third-order valence-electron chi connectivity index (χ3n) is 3.85. The molecule has 0 fully saturated rings. The predicted octanol–water partition coefficient (Wildman–Crippen LogP) is 6.36. The Morgan fingerprint density at radius 3 is 1.94 bits per heavy atom. The number of carbonyl (C=O) groups is 1. The van der Waals surface area contributed by atoms with Crippen LogP contribution in [0.3, 0.4) is 0 Å². The molecule has 4 nitrogen and oxygen atoms in total. The minimum absolute atomic E-state index is 0.0448. The molecule has 0 heterocycles. The maximum atomic E-state index is 14.3. The standard InChI is InChI=1S/C17H9ClF10N2O2/c18-10-5-8(14(19,15(20,21)22)16(23,24)25)6-11(32-17(26,27)28)12(10)30-13(31)7-2-1-3-9(29)4-7/h1-6H,29H2,(H,30,31). The molecule has 0 aliphatic heterocycles. The first-order chi connectivity index (χ1) is 14.4. The van der Waals surface area contributed by atoms with Gasteiger partial charge in [0.05, 0.1) is 5.02 Å². The molecule has 3 N–H and O–H groups in total. The van der Waals surface area contributed by atoms with Crippen LogP contribution in [0.1, 0.15) is 15.9 Å². The number of hydrogen-bond acceptors (Lipinski definition) is 3. The van der Waals surface area contributed by atoms with Gasteiger partial charge in [-0.15, -0.1) is 13.2 Å². The number of rotatable bonds is 4. The summed E-state index contributed by atoms with van der Waals surface area (Å²) in [5.74, 6) is -3.01. The molecular weight excluding hydrogens is 490 g/mol. The first-order valence-corrected chi connectivity index (χ1v) is 8.33. The first kappa shape index (κ1) is 25.4. The number of nitrogens with two attached hydrogens (primary N) is 1. The van der Waals surface area contributed by atoms with Gasteiger partial charge in [0.2, 0.25) is 0 Å². The Labute approximate surface area is 176 Å². The molecule has 2 aromatic rings. The Balaban J connectivity index is 2.68. The average molecular weight is 499 g/mol. The van der Waals surface area contributed by atoms with Crippen molar-refractivity contribution in [1.82, 2.24) is 0 Å². The van der Waals surface area contributed by atoms with Crippen LogP contribution in [0.2, 0.25) is 5.02 Å². The highest BCUT2D eigenvalue weighted by Gasteiger charge is 2.73. The van der Waals surface area contributed by atoms with Crippen LogP contribution in [0.15, 0.2) is 36.4 Å². The van der Waals surface area contributed by atoms with Crippen LogP contribution >= 0.6 is 11.6 Å². The van der Waals surface area contributed by atoms with Crippen LogP contribution in [0.5, 0.6) is 5.75 Å². The van der Waals surface area contributed by atoms with Gasteiger partial charge < -0.3 is 15.8 Å². The van der Waals surface area contributed by atoms with Gasteiger partial charge in [-0.05, 0) is 30.3 Å². The summed E-state index contributed by atoms with van der Waals surface area (Å²) < 4.78 is 134. The largest absolute Gasteiger partial charge is 0.573 e. The molecule has 0 bridgehead atoms. The number of amides is 1. The van der Waals surface area contributed by atoms with Crippen LogP contribution in [-0.2, 0) is 5.67 Å². The number of benzene rings is 2. The van der Waals surface area contributed by atoms with Gasteiger partial charge in [0.15, 0.2) is 5.75 Å². The van der Waals surface area contributed by atoms with Crippen LogP contribution in [0, 0.1) is 0 Å². The third-order valence-corrected chi connectivity index (χ3v) is 4.14. The molecule has 0 saturated carbocycles. The lowest BCUT2D eigenvalue weighted by molar-refractivity contribution is -0.348. The van der Waals surface area contributed by atoms with E-state index in [1.807, 2.05) is 0 Å². The van der Waals surface area contributed by atoms with Crippen molar-refractivity contribution in [2.45, 2.75) is 24.4 Å². The predicted molar refractivity (Wildman–Crippen MR) is 91.8 cm³/mol. The zero-order valence-corrected chi connectivity index (χ0v) is 15.8. The lowest BCUT2D eigenvalue weighted by Crippen LogP contribution is -2.50. The molecule has 0 saturated heterocycles. The van der Waals surface area contributed by atoms with E-state index < -0.39 is 58.4 Å². The zero-order chi connectivity index (χ0) is 24.7. The highest BCUT2D eigenvalue weighted by molar-refractivity contribution is 6.34. The third kappa shape index (κ3) is 5.11. The summed E-state index contributed by atoms with van der Waals surface area (Å²) in [5.41, 5.74) is -4.36. The number of alkyl halides is 10. The van der Waals surface area contributed by atoms with Gasteiger partial charge in [0.25, 0.3) is 5.91 Å². The molecule has 0 spiro atoms. The van der Waals surface area contributed by atoms with Crippen molar-refractivity contribution in [1.29, 1.82) is 0 Å². The lowest BCUT2D eigenvalue weighted by atomic mass is 9.93. The molecule has 0 unspecified atom stereocenters. The summed E-state index contributed by atoms with van der Waals surface area (Å²) in [6, 6.07) is 4.08. The fourth-order valence-corrected chi connectivity index (χ4v) is 2.72. The van der Waals surface area contributed by atoms with Gasteiger partial charge in [-0.1, -0.05) is 17.7 Å². The maximum absolute atomic E-state index is 14.3. The number of anilines is 2. The summed E-state index contributed by atoms with van der Waals surface area (Å²) in [7, 11) is 0. The molecule has 2 rings (SSSR count). The Kier molecular flexibility index (Phi) is 6.52. The molecule has 0 aromatic heterocycles. The highest BCUT2D eigenvalue weighted by Crippen LogP contribution is 2.55. The van der Waals surface area contributed by atoms with Gasteiger partial charge >= 0.3 is 24.4 Å². The molecule has 1 amide bonds. The monoisotopic (exact) mass is 498 g/mol. The number of halogens is 11. The minimum Gasteiger partial charge on any atom is -0.403 e. The first-order valence-electron chi connectivity index (χ1n) is 7.96. The van der Waals surface area contributed by atoms with E-state index in [4.69, 9.17) is 17.3 Å². The Hall–Kier alpha value is -2.90. The summed E-state index contributed by atoms with van der Waals surface area (Å²) >= 11 is 5.54. The van der Waals surface area contributed by atoms with Gasteiger partial charge in [-0.3, -0.25) is 4.79 Å². The Morgan fingerprint density at radius 1 is 0.906 bits per heavy atom. The van der Waals surface area contributed by atoms with Gasteiger partial charge in [0, 0.05) is 16.8 Å². The number of ether oxygens (including phenoxy) is 1. The molecular formula is C17H9ClF10N2O2. The zero-order valence-electron chi connectivity index (χ0n) is 15.0. The maximum Gasteiger partial charge on any atom is 0.573 e. The van der Waals surface area contributed by atoms with E-state index in [9.17, 15) is 48.7 Å². The number of carbonyl (C=O) groups excluding carboxylic acids is 1. The topological polar surface area (TPSA) is 64.4 Å². The second-order valence-corrected chi connectivity index (χ2v) is 6.52. The van der Waals surface area contributed by atoms with Crippen molar-refractivity contribution in [3.8, 4) is 5.75 Å². The number of nitrogen functional groups attached to an aromatic ring is 1. The summed E-state index contributed by atoms with van der Waals surface area (Å²) in [6.45, 7) is 0. The van der Waals surface area contributed by atoms with Crippen molar-refractivity contribution in [3.63, 3.8) is 0 Å². The average Bonchev–Trinajstić information content (AvgIpc) is 2.60. The van der Waals surface area contributed by atoms with Crippen LogP contribution in [0.4, 0.5) is 55.3 Å². The SMILES string of the molecule is Nc1cccc(C(=O)Nc2c(Cl)cc(C(F)(C(F)(F)F)C(F)(F)F)cc2OC(F)(F)F)c1. The van der Waals surface area contributed by atoms with Crippen molar-refractivity contribution >= 4 is 28.9 Å². The van der Waals surface area contributed by atoms with Crippen molar-refractivity contribution < 1.29 is 53.4 Å². The molecule has 176 valence electrons. The summed E-state index contributed by atoms with van der Waals surface area (Å²) in [4.78, 5) is 12.2. The Morgan fingerprint density at radius 2 is 1.47 bits per heavy atom. The Bertz CT molecular complexity index is 1000. The molecule has 0 radical (unpaired) electrons. The van der Waals surface area contributed by atoms with E-state index in [0.717, 1.165) is 12.1 Å². The fraction of sp³-hybridized carbons (Fsp3) is 0.235.